The maximum atomic E-state index is 12.1. The number of benzene rings is 2. The average Bonchev–Trinajstić information content (AvgIpc) is 2.47. The number of phenols is 1. The SMILES string of the molecule is CCC(Br)CCNC(=O)c1ccc2ccccc2c1O. The molecule has 3 nitrogen and oxygen atoms in total. The van der Waals surface area contributed by atoms with Gasteiger partial charge in [0.05, 0.1) is 5.56 Å². The van der Waals surface area contributed by atoms with E-state index >= 15 is 0 Å². The lowest BCUT2D eigenvalue weighted by Gasteiger charge is -2.10. The van der Waals surface area contributed by atoms with Crippen molar-refractivity contribution < 1.29 is 9.90 Å². The lowest BCUT2D eigenvalue weighted by atomic mass is 10.0. The summed E-state index contributed by atoms with van der Waals surface area (Å²) in [6.07, 6.45) is 1.90. The second-order valence-corrected chi connectivity index (χ2v) is 6.03. The molecule has 0 saturated carbocycles. The molecule has 0 bridgehead atoms. The van der Waals surface area contributed by atoms with Gasteiger partial charge in [-0.05, 0) is 24.3 Å². The molecule has 0 radical (unpaired) electrons. The number of amides is 1. The number of halogens is 1. The second-order valence-electron chi connectivity index (χ2n) is 4.73. The molecule has 0 aliphatic heterocycles. The quantitative estimate of drug-likeness (QED) is 0.815. The van der Waals surface area contributed by atoms with Crippen LogP contribution in [0.15, 0.2) is 36.4 Å². The third-order valence-corrected chi connectivity index (χ3v) is 4.44. The van der Waals surface area contributed by atoms with E-state index in [1.54, 1.807) is 6.07 Å². The Labute approximate surface area is 127 Å². The molecule has 0 aliphatic rings. The Morgan fingerprint density at radius 1 is 1.30 bits per heavy atom. The van der Waals surface area contributed by atoms with Crippen LogP contribution in [0.3, 0.4) is 0 Å². The number of phenolic OH excluding ortho intramolecular Hbond substituents is 1. The normalized spacial score (nSPS) is 12.3. The smallest absolute Gasteiger partial charge is 0.255 e. The minimum absolute atomic E-state index is 0.0477. The highest BCUT2D eigenvalue weighted by Gasteiger charge is 2.13. The number of fused-ring (bicyclic) bond motifs is 1. The molecule has 2 aromatic carbocycles. The van der Waals surface area contributed by atoms with Crippen molar-refractivity contribution in [3.8, 4) is 5.75 Å². The summed E-state index contributed by atoms with van der Waals surface area (Å²) in [5, 5.41) is 14.7. The summed E-state index contributed by atoms with van der Waals surface area (Å²) in [5.74, 6) is -0.185. The van der Waals surface area contributed by atoms with Gasteiger partial charge in [-0.2, -0.15) is 0 Å². The topological polar surface area (TPSA) is 49.3 Å². The van der Waals surface area contributed by atoms with Gasteiger partial charge in [0, 0.05) is 16.8 Å². The van der Waals surface area contributed by atoms with Crippen LogP contribution >= 0.6 is 15.9 Å². The first kappa shape index (κ1) is 14.9. The largest absolute Gasteiger partial charge is 0.506 e. The van der Waals surface area contributed by atoms with E-state index in [0.29, 0.717) is 22.3 Å². The van der Waals surface area contributed by atoms with Gasteiger partial charge in [0.15, 0.2) is 0 Å². The van der Waals surface area contributed by atoms with Crippen LogP contribution in [0, 0.1) is 0 Å². The van der Waals surface area contributed by atoms with Gasteiger partial charge >= 0.3 is 0 Å². The Morgan fingerprint density at radius 3 is 2.80 bits per heavy atom. The Hall–Kier alpha value is -1.55. The predicted molar refractivity (Wildman–Crippen MR) is 85.6 cm³/mol. The minimum Gasteiger partial charge on any atom is -0.506 e. The fraction of sp³-hybridized carbons (Fsp3) is 0.312. The van der Waals surface area contributed by atoms with Crippen LogP contribution in [0.25, 0.3) is 10.8 Å². The summed E-state index contributed by atoms with van der Waals surface area (Å²) in [6.45, 7) is 2.69. The summed E-state index contributed by atoms with van der Waals surface area (Å²) in [6, 6.07) is 11.0. The van der Waals surface area contributed by atoms with Gasteiger partial charge in [-0.15, -0.1) is 0 Å². The summed E-state index contributed by atoms with van der Waals surface area (Å²) in [5.41, 5.74) is 0.325. The fourth-order valence-corrected chi connectivity index (χ4v) is 2.31. The van der Waals surface area contributed by atoms with Crippen LogP contribution in [0.5, 0.6) is 5.75 Å². The first-order valence-corrected chi connectivity index (χ1v) is 7.68. The highest BCUT2D eigenvalue weighted by Crippen LogP contribution is 2.28. The van der Waals surface area contributed by atoms with Crippen molar-refractivity contribution in [3.63, 3.8) is 0 Å². The molecule has 2 rings (SSSR count). The van der Waals surface area contributed by atoms with E-state index in [9.17, 15) is 9.90 Å². The molecule has 1 atom stereocenters. The van der Waals surface area contributed by atoms with E-state index in [0.717, 1.165) is 18.2 Å². The molecule has 0 aliphatic carbocycles. The number of rotatable bonds is 5. The number of nitrogens with one attached hydrogen (secondary N) is 1. The van der Waals surface area contributed by atoms with Crippen LogP contribution in [-0.4, -0.2) is 22.4 Å². The Morgan fingerprint density at radius 2 is 2.05 bits per heavy atom. The summed E-state index contributed by atoms with van der Waals surface area (Å²) >= 11 is 3.53. The number of alkyl halides is 1. The molecular weight excluding hydrogens is 318 g/mol. The molecule has 106 valence electrons. The summed E-state index contributed by atoms with van der Waals surface area (Å²) in [4.78, 5) is 12.5. The van der Waals surface area contributed by atoms with Gasteiger partial charge in [-0.25, -0.2) is 0 Å². The van der Waals surface area contributed by atoms with Crippen molar-refractivity contribution in [2.24, 2.45) is 0 Å². The van der Waals surface area contributed by atoms with Crippen molar-refractivity contribution in [2.75, 3.05) is 6.54 Å². The molecule has 0 aromatic heterocycles. The van der Waals surface area contributed by atoms with E-state index < -0.39 is 0 Å². The fourth-order valence-electron chi connectivity index (χ4n) is 2.08. The van der Waals surface area contributed by atoms with E-state index in [1.807, 2.05) is 30.3 Å². The maximum absolute atomic E-state index is 12.1. The highest BCUT2D eigenvalue weighted by molar-refractivity contribution is 9.09. The molecule has 2 aromatic rings. The molecule has 1 unspecified atom stereocenters. The zero-order valence-corrected chi connectivity index (χ0v) is 13.0. The van der Waals surface area contributed by atoms with Crippen LogP contribution in [0.4, 0.5) is 0 Å². The predicted octanol–water partition coefficient (Wildman–Crippen LogP) is 3.84. The van der Waals surface area contributed by atoms with Crippen molar-refractivity contribution in [1.82, 2.24) is 5.32 Å². The first-order chi connectivity index (χ1) is 9.63. The van der Waals surface area contributed by atoms with Crippen LogP contribution in [-0.2, 0) is 0 Å². The Bertz CT molecular complexity index is 612. The van der Waals surface area contributed by atoms with Crippen molar-refractivity contribution in [1.29, 1.82) is 0 Å². The van der Waals surface area contributed by atoms with Crippen LogP contribution in [0.2, 0.25) is 0 Å². The molecular formula is C16H18BrNO2. The number of carbonyl (C=O) groups is 1. The molecule has 4 heteroatoms. The zero-order valence-electron chi connectivity index (χ0n) is 11.4. The van der Waals surface area contributed by atoms with Crippen molar-refractivity contribution in [2.45, 2.75) is 24.6 Å². The second kappa shape index (κ2) is 6.75. The molecule has 20 heavy (non-hydrogen) atoms. The summed E-state index contributed by atoms with van der Waals surface area (Å²) < 4.78 is 0. The van der Waals surface area contributed by atoms with Gasteiger partial charge in [0.1, 0.15) is 5.75 Å². The van der Waals surface area contributed by atoms with Crippen LogP contribution < -0.4 is 5.32 Å². The van der Waals surface area contributed by atoms with Gasteiger partial charge in [-0.3, -0.25) is 4.79 Å². The van der Waals surface area contributed by atoms with Crippen molar-refractivity contribution in [3.05, 3.63) is 42.0 Å². The standard InChI is InChI=1S/C16H18BrNO2/c1-2-12(17)9-10-18-16(20)14-8-7-11-5-3-4-6-13(11)15(14)19/h3-8,12,19H,2,9-10H2,1H3,(H,18,20). The highest BCUT2D eigenvalue weighted by atomic mass is 79.9. The number of carbonyl (C=O) groups excluding carboxylic acids is 1. The minimum atomic E-state index is -0.232. The maximum Gasteiger partial charge on any atom is 0.255 e. The molecule has 0 spiro atoms. The third kappa shape index (κ3) is 3.31. The van der Waals surface area contributed by atoms with E-state index in [2.05, 4.69) is 28.2 Å². The van der Waals surface area contributed by atoms with E-state index in [1.165, 1.54) is 0 Å². The third-order valence-electron chi connectivity index (χ3n) is 3.33. The van der Waals surface area contributed by atoms with Crippen LogP contribution in [0.1, 0.15) is 30.1 Å². The van der Waals surface area contributed by atoms with Gasteiger partial charge in [0.2, 0.25) is 0 Å². The van der Waals surface area contributed by atoms with E-state index in [4.69, 9.17) is 0 Å². The number of hydrogen-bond acceptors (Lipinski definition) is 2. The lowest BCUT2D eigenvalue weighted by molar-refractivity contribution is 0.0951. The Kier molecular flexibility index (Phi) is 5.01. The van der Waals surface area contributed by atoms with Crippen molar-refractivity contribution >= 4 is 32.6 Å². The van der Waals surface area contributed by atoms with Gasteiger partial charge < -0.3 is 10.4 Å². The molecule has 2 N–H and O–H groups in total. The number of aromatic hydroxyl groups is 1. The monoisotopic (exact) mass is 335 g/mol. The Balaban J connectivity index is 2.12. The first-order valence-electron chi connectivity index (χ1n) is 6.76. The molecule has 1 amide bonds. The molecule has 0 fully saturated rings. The zero-order chi connectivity index (χ0) is 14.5. The molecule has 0 heterocycles. The lowest BCUT2D eigenvalue weighted by Crippen LogP contribution is -2.26. The van der Waals surface area contributed by atoms with Gasteiger partial charge in [-0.1, -0.05) is 53.2 Å². The molecule has 0 saturated heterocycles. The number of hydrogen-bond donors (Lipinski definition) is 2. The van der Waals surface area contributed by atoms with Gasteiger partial charge in [0.25, 0.3) is 5.91 Å². The summed E-state index contributed by atoms with van der Waals surface area (Å²) in [7, 11) is 0. The van der Waals surface area contributed by atoms with E-state index in [-0.39, 0.29) is 11.7 Å². The average molecular weight is 336 g/mol.